The van der Waals surface area contributed by atoms with Gasteiger partial charge in [-0.05, 0) is 52.0 Å². The number of piperidine rings is 1. The van der Waals surface area contributed by atoms with Crippen molar-refractivity contribution in [2.45, 2.75) is 77.2 Å². The van der Waals surface area contributed by atoms with Gasteiger partial charge in [0.15, 0.2) is 0 Å². The molecule has 1 aromatic carbocycles. The van der Waals surface area contributed by atoms with Gasteiger partial charge >= 0.3 is 12.0 Å². The van der Waals surface area contributed by atoms with Crippen LogP contribution in [0.2, 0.25) is 0 Å². The molecule has 0 aliphatic carbocycles. The number of hydrogen-bond acceptors (Lipinski definition) is 6. The zero-order chi connectivity index (χ0) is 23.1. The number of hydroxylamine groups is 3. The maximum absolute atomic E-state index is 12.8. The number of hydrogen-bond donors (Lipinski definition) is 1. The number of fused-ring (bicyclic) bond motifs is 2. The number of carbonyl (C=O) groups is 3. The molecule has 2 saturated heterocycles. The van der Waals surface area contributed by atoms with E-state index < -0.39 is 11.6 Å². The summed E-state index contributed by atoms with van der Waals surface area (Å²) in [7, 11) is 0. The van der Waals surface area contributed by atoms with Gasteiger partial charge in [0.2, 0.25) is 0 Å². The van der Waals surface area contributed by atoms with E-state index in [0.29, 0.717) is 45.3 Å². The van der Waals surface area contributed by atoms with Crippen LogP contribution in [0.25, 0.3) is 0 Å². The van der Waals surface area contributed by atoms with E-state index in [9.17, 15) is 14.4 Å². The number of nitrogens with one attached hydrogen (secondary N) is 1. The maximum atomic E-state index is 12.8. The lowest BCUT2D eigenvalue weighted by Crippen LogP contribution is -2.49. The van der Waals surface area contributed by atoms with Crippen molar-refractivity contribution >= 4 is 17.9 Å². The van der Waals surface area contributed by atoms with Gasteiger partial charge in [-0.15, -0.1) is 0 Å². The van der Waals surface area contributed by atoms with Crippen molar-refractivity contribution in [1.82, 2.24) is 15.4 Å². The zero-order valence-electron chi connectivity index (χ0n) is 19.0. The molecule has 9 nitrogen and oxygen atoms in total. The summed E-state index contributed by atoms with van der Waals surface area (Å²) in [6, 6.07) is 8.72. The molecule has 32 heavy (non-hydrogen) atoms. The van der Waals surface area contributed by atoms with Gasteiger partial charge in [-0.25, -0.2) is 10.3 Å². The van der Waals surface area contributed by atoms with Gasteiger partial charge < -0.3 is 9.64 Å². The van der Waals surface area contributed by atoms with Crippen LogP contribution in [0.15, 0.2) is 30.3 Å². The van der Waals surface area contributed by atoms with Crippen LogP contribution in [0.1, 0.15) is 58.4 Å². The highest BCUT2D eigenvalue weighted by Gasteiger charge is 2.48. The Morgan fingerprint density at radius 3 is 2.59 bits per heavy atom. The molecule has 1 unspecified atom stereocenters. The Hall–Kier alpha value is -2.65. The quantitative estimate of drug-likeness (QED) is 0.336. The summed E-state index contributed by atoms with van der Waals surface area (Å²) in [5.41, 5.74) is 2.93. The molecular weight excluding hydrogens is 414 g/mol. The second-order valence-electron chi connectivity index (χ2n) is 9.13. The van der Waals surface area contributed by atoms with E-state index >= 15 is 0 Å². The van der Waals surface area contributed by atoms with E-state index in [1.165, 1.54) is 5.06 Å². The first-order valence-electron chi connectivity index (χ1n) is 11.1. The Morgan fingerprint density at radius 2 is 1.88 bits per heavy atom. The highest BCUT2D eigenvalue weighted by atomic mass is 16.7. The second kappa shape index (κ2) is 10.8. The molecule has 2 aliphatic rings. The minimum Gasteiger partial charge on any atom is -0.460 e. The number of nitrogens with zero attached hydrogens (tertiary/aromatic N) is 2. The number of urea groups is 1. The predicted octanol–water partition coefficient (Wildman–Crippen LogP) is 2.95. The van der Waals surface area contributed by atoms with E-state index in [4.69, 9.17) is 14.4 Å². The second-order valence-corrected chi connectivity index (χ2v) is 9.13. The lowest BCUT2D eigenvalue weighted by atomic mass is 10.0. The third kappa shape index (κ3) is 6.67. The molecule has 2 heterocycles. The lowest BCUT2D eigenvalue weighted by molar-refractivity contribution is -0.155. The topological polar surface area (TPSA) is 97.4 Å². The van der Waals surface area contributed by atoms with Crippen molar-refractivity contribution in [1.29, 1.82) is 0 Å². The summed E-state index contributed by atoms with van der Waals surface area (Å²) in [5.74, 6) is -0.585. The molecule has 9 heteroatoms. The summed E-state index contributed by atoms with van der Waals surface area (Å²) in [5, 5.41) is 1.40. The van der Waals surface area contributed by atoms with Gasteiger partial charge in [-0.2, -0.15) is 5.06 Å². The fourth-order valence-corrected chi connectivity index (χ4v) is 3.82. The van der Waals surface area contributed by atoms with Crippen LogP contribution in [0, 0.1) is 0 Å². The molecule has 3 amide bonds. The Bertz CT molecular complexity index is 795. The molecule has 0 spiro atoms. The van der Waals surface area contributed by atoms with Crippen molar-refractivity contribution < 1.29 is 28.8 Å². The zero-order valence-corrected chi connectivity index (χ0v) is 19.0. The smallest absolute Gasteiger partial charge is 0.345 e. The standard InChI is InChI=1S/C23H33N3O6/c1-23(2,3)32-20(27)11-7-8-14-30-24-21(28)19-13-12-18-15-25(19)22(29)26(18)31-16-17-9-5-4-6-10-17/h4-6,9-10,18-19H,7-8,11-16H2,1-3H3,(H,24,28)/t18?,19-/m0/s1. The first-order chi connectivity index (χ1) is 15.2. The van der Waals surface area contributed by atoms with Crippen LogP contribution < -0.4 is 5.48 Å². The van der Waals surface area contributed by atoms with Crippen molar-refractivity contribution in [3.8, 4) is 0 Å². The molecule has 2 bridgehead atoms. The largest absolute Gasteiger partial charge is 0.460 e. The first-order valence-corrected chi connectivity index (χ1v) is 11.1. The Labute approximate surface area is 188 Å². The van der Waals surface area contributed by atoms with Crippen LogP contribution in [-0.4, -0.2) is 58.7 Å². The highest BCUT2D eigenvalue weighted by molar-refractivity contribution is 5.88. The van der Waals surface area contributed by atoms with Gasteiger partial charge in [0.25, 0.3) is 5.91 Å². The number of amides is 3. The van der Waals surface area contributed by atoms with Crippen LogP contribution in [0.4, 0.5) is 4.79 Å². The lowest BCUT2D eigenvalue weighted by Gasteiger charge is -2.28. The van der Waals surface area contributed by atoms with Crippen molar-refractivity contribution in [3.63, 3.8) is 0 Å². The average Bonchev–Trinajstić information content (AvgIpc) is 2.98. The van der Waals surface area contributed by atoms with E-state index in [0.717, 1.165) is 5.56 Å². The van der Waals surface area contributed by atoms with Gasteiger partial charge in [0.05, 0.1) is 12.6 Å². The molecule has 0 saturated carbocycles. The van der Waals surface area contributed by atoms with Crippen molar-refractivity contribution in [2.75, 3.05) is 13.2 Å². The number of unbranched alkanes of at least 4 members (excludes halogenated alkanes) is 1. The Morgan fingerprint density at radius 1 is 1.12 bits per heavy atom. The van der Waals surface area contributed by atoms with Gasteiger partial charge in [0, 0.05) is 13.0 Å². The van der Waals surface area contributed by atoms with Crippen molar-refractivity contribution in [3.05, 3.63) is 35.9 Å². The van der Waals surface area contributed by atoms with Crippen LogP contribution in [0.5, 0.6) is 0 Å². The Balaban J connectivity index is 1.36. The fraction of sp³-hybridized carbons (Fsp3) is 0.609. The maximum Gasteiger partial charge on any atom is 0.345 e. The van der Waals surface area contributed by atoms with Crippen LogP contribution in [-0.2, 0) is 30.6 Å². The number of carbonyl (C=O) groups excluding carboxylic acids is 3. The predicted molar refractivity (Wildman–Crippen MR) is 116 cm³/mol. The number of ether oxygens (including phenoxy) is 1. The van der Waals surface area contributed by atoms with Crippen LogP contribution in [0.3, 0.4) is 0 Å². The number of esters is 1. The third-order valence-electron chi connectivity index (χ3n) is 5.31. The summed E-state index contributed by atoms with van der Waals surface area (Å²) in [6.45, 7) is 6.54. The summed E-state index contributed by atoms with van der Waals surface area (Å²) in [6.07, 6.45) is 2.75. The molecule has 0 radical (unpaired) electrons. The highest BCUT2D eigenvalue weighted by Crippen LogP contribution is 2.30. The van der Waals surface area contributed by atoms with Crippen molar-refractivity contribution in [2.24, 2.45) is 0 Å². The molecule has 1 N–H and O–H groups in total. The molecule has 1 aromatic rings. The van der Waals surface area contributed by atoms with Gasteiger partial charge in [-0.1, -0.05) is 30.3 Å². The fourth-order valence-electron chi connectivity index (χ4n) is 3.82. The molecule has 0 aromatic heterocycles. The van der Waals surface area contributed by atoms with E-state index in [-0.39, 0.29) is 30.6 Å². The van der Waals surface area contributed by atoms with E-state index in [2.05, 4.69) is 5.48 Å². The van der Waals surface area contributed by atoms with E-state index in [1.54, 1.807) is 4.90 Å². The normalized spacial score (nSPS) is 20.4. The Kier molecular flexibility index (Phi) is 8.09. The summed E-state index contributed by atoms with van der Waals surface area (Å²) >= 11 is 0. The molecular formula is C23H33N3O6. The monoisotopic (exact) mass is 447 g/mol. The van der Waals surface area contributed by atoms with Gasteiger partial charge in [-0.3, -0.25) is 19.3 Å². The first kappa shape index (κ1) is 24.0. The SMILES string of the molecule is CC(C)(C)OC(=O)CCCCONC(=O)[C@@H]1CCC2CN1C(=O)N2OCc1ccccc1. The minimum atomic E-state index is -0.578. The summed E-state index contributed by atoms with van der Waals surface area (Å²) in [4.78, 5) is 49.6. The molecule has 3 rings (SSSR count). The summed E-state index contributed by atoms with van der Waals surface area (Å²) < 4.78 is 5.25. The third-order valence-corrected chi connectivity index (χ3v) is 5.31. The van der Waals surface area contributed by atoms with Crippen LogP contribution >= 0.6 is 0 Å². The van der Waals surface area contributed by atoms with Gasteiger partial charge in [0.1, 0.15) is 18.2 Å². The van der Waals surface area contributed by atoms with E-state index in [1.807, 2.05) is 51.1 Å². The molecule has 176 valence electrons. The average molecular weight is 448 g/mol. The molecule has 2 aliphatic heterocycles. The molecule has 2 atom stereocenters. The minimum absolute atomic E-state index is 0.0518. The molecule has 2 fully saturated rings. The number of benzene rings is 1. The number of rotatable bonds is 10.